The molecule has 3 rings (SSSR count). The number of rotatable bonds is 5. The van der Waals surface area contributed by atoms with Crippen LogP contribution in [-0.2, 0) is 16.1 Å². The monoisotopic (exact) mass is 415 g/mol. The molecule has 0 saturated heterocycles. The molecular weight excluding hydrogens is 397 g/mol. The van der Waals surface area contributed by atoms with Crippen molar-refractivity contribution in [1.82, 2.24) is 10.2 Å². The number of para-hydroxylation sites is 1. The van der Waals surface area contributed by atoms with Crippen LogP contribution in [0, 0.1) is 15.9 Å². The van der Waals surface area contributed by atoms with Crippen LogP contribution in [0.25, 0.3) is 0 Å². The lowest BCUT2D eigenvalue weighted by molar-refractivity contribution is -0.385. The van der Waals surface area contributed by atoms with Gasteiger partial charge in [-0.05, 0) is 42.9 Å². The maximum absolute atomic E-state index is 13.2. The number of ether oxygens (including phenoxy) is 1. The highest BCUT2D eigenvalue weighted by Crippen LogP contribution is 2.36. The minimum atomic E-state index is -0.832. The Kier molecular flexibility index (Phi) is 5.88. The summed E-state index contributed by atoms with van der Waals surface area (Å²) in [5.41, 5.74) is 1.68. The lowest BCUT2D eigenvalue weighted by atomic mass is 9.93. The second-order valence-corrected chi connectivity index (χ2v) is 6.79. The molecule has 0 radical (unpaired) electrons. The van der Waals surface area contributed by atoms with E-state index in [1.165, 1.54) is 25.3 Å². The summed E-state index contributed by atoms with van der Waals surface area (Å²) in [7, 11) is 1.25. The van der Waals surface area contributed by atoms with Gasteiger partial charge in [0.15, 0.2) is 5.11 Å². The third-order valence-corrected chi connectivity index (χ3v) is 5.04. The van der Waals surface area contributed by atoms with Gasteiger partial charge in [-0.3, -0.25) is 10.1 Å². The van der Waals surface area contributed by atoms with Crippen molar-refractivity contribution >= 4 is 29.0 Å². The normalized spacial score (nSPS) is 16.4. The number of nitro groups is 1. The second kappa shape index (κ2) is 8.36. The van der Waals surface area contributed by atoms with E-state index in [0.717, 1.165) is 5.56 Å². The average molecular weight is 415 g/mol. The smallest absolute Gasteiger partial charge is 0.337 e. The van der Waals surface area contributed by atoms with Crippen LogP contribution in [0.4, 0.5) is 10.1 Å². The van der Waals surface area contributed by atoms with Crippen LogP contribution in [0.3, 0.4) is 0 Å². The maximum atomic E-state index is 13.2. The van der Waals surface area contributed by atoms with E-state index in [0.29, 0.717) is 22.9 Å². The van der Waals surface area contributed by atoms with Gasteiger partial charge in [0.05, 0.1) is 29.2 Å². The Morgan fingerprint density at radius 2 is 1.93 bits per heavy atom. The van der Waals surface area contributed by atoms with E-state index in [4.69, 9.17) is 17.0 Å². The molecule has 150 valence electrons. The molecule has 29 heavy (non-hydrogen) atoms. The molecule has 0 saturated carbocycles. The van der Waals surface area contributed by atoms with Crippen LogP contribution in [-0.4, -0.2) is 28.0 Å². The Bertz CT molecular complexity index is 1010. The number of nitrogens with one attached hydrogen (secondary N) is 1. The van der Waals surface area contributed by atoms with Crippen molar-refractivity contribution in [2.75, 3.05) is 7.11 Å². The number of carbonyl (C=O) groups excluding carboxylic acids is 1. The van der Waals surface area contributed by atoms with E-state index in [9.17, 15) is 19.3 Å². The molecule has 0 bridgehead atoms. The fourth-order valence-electron chi connectivity index (χ4n) is 3.25. The van der Waals surface area contributed by atoms with E-state index in [2.05, 4.69) is 5.32 Å². The quantitative estimate of drug-likeness (QED) is 0.346. The molecule has 0 aliphatic carbocycles. The summed E-state index contributed by atoms with van der Waals surface area (Å²) >= 11 is 5.48. The van der Waals surface area contributed by atoms with Gasteiger partial charge in [-0.25, -0.2) is 9.18 Å². The van der Waals surface area contributed by atoms with Gasteiger partial charge in [-0.15, -0.1) is 0 Å². The third kappa shape index (κ3) is 4.09. The molecule has 0 aromatic heterocycles. The van der Waals surface area contributed by atoms with Gasteiger partial charge in [0.1, 0.15) is 5.82 Å². The lowest BCUT2D eigenvalue weighted by Gasteiger charge is -2.37. The van der Waals surface area contributed by atoms with Crippen LogP contribution in [0.15, 0.2) is 59.8 Å². The Morgan fingerprint density at radius 3 is 2.55 bits per heavy atom. The zero-order valence-electron chi connectivity index (χ0n) is 15.7. The van der Waals surface area contributed by atoms with Gasteiger partial charge in [-0.2, -0.15) is 0 Å². The molecule has 2 aromatic rings. The van der Waals surface area contributed by atoms with Crippen molar-refractivity contribution in [3.8, 4) is 0 Å². The number of nitro benzene ring substituents is 1. The first-order valence-electron chi connectivity index (χ1n) is 8.68. The van der Waals surface area contributed by atoms with Crippen molar-refractivity contribution in [2.24, 2.45) is 0 Å². The van der Waals surface area contributed by atoms with Crippen molar-refractivity contribution in [1.29, 1.82) is 0 Å². The number of hydrogen-bond acceptors (Lipinski definition) is 5. The second-order valence-electron chi connectivity index (χ2n) is 6.40. The summed E-state index contributed by atoms with van der Waals surface area (Å²) in [6.45, 7) is 1.99. The number of benzene rings is 2. The zero-order chi connectivity index (χ0) is 21.1. The number of methoxy groups -OCH3 is 1. The van der Waals surface area contributed by atoms with E-state index >= 15 is 0 Å². The van der Waals surface area contributed by atoms with Crippen LogP contribution >= 0.6 is 12.2 Å². The van der Waals surface area contributed by atoms with Gasteiger partial charge in [0, 0.05) is 18.3 Å². The molecule has 1 N–H and O–H groups in total. The van der Waals surface area contributed by atoms with E-state index in [1.54, 1.807) is 42.2 Å². The summed E-state index contributed by atoms with van der Waals surface area (Å²) < 4.78 is 18.1. The summed E-state index contributed by atoms with van der Waals surface area (Å²) in [4.78, 5) is 25.2. The highest BCUT2D eigenvalue weighted by molar-refractivity contribution is 7.80. The molecule has 1 aliphatic rings. The molecule has 1 aliphatic heterocycles. The van der Waals surface area contributed by atoms with Crippen molar-refractivity contribution in [3.63, 3.8) is 0 Å². The molecule has 1 heterocycles. The number of esters is 1. The molecule has 7 nitrogen and oxygen atoms in total. The van der Waals surface area contributed by atoms with E-state index in [-0.39, 0.29) is 17.1 Å². The molecule has 2 aromatic carbocycles. The Hall–Kier alpha value is -3.33. The van der Waals surface area contributed by atoms with Crippen molar-refractivity contribution < 1.29 is 18.8 Å². The maximum Gasteiger partial charge on any atom is 0.337 e. The highest BCUT2D eigenvalue weighted by atomic mass is 32.1. The highest BCUT2D eigenvalue weighted by Gasteiger charge is 2.37. The summed E-state index contributed by atoms with van der Waals surface area (Å²) in [6.07, 6.45) is 0. The number of nitrogens with zero attached hydrogens (tertiary/aromatic N) is 2. The summed E-state index contributed by atoms with van der Waals surface area (Å²) in [5.74, 6) is -0.975. The van der Waals surface area contributed by atoms with E-state index < -0.39 is 16.9 Å². The van der Waals surface area contributed by atoms with Gasteiger partial charge < -0.3 is 15.0 Å². The number of hydrogen-bond donors (Lipinski definition) is 1. The molecule has 1 atom stereocenters. The molecule has 0 unspecified atom stereocenters. The molecule has 0 amide bonds. The predicted molar refractivity (Wildman–Crippen MR) is 108 cm³/mol. The third-order valence-electron chi connectivity index (χ3n) is 4.70. The fourth-order valence-corrected chi connectivity index (χ4v) is 3.57. The van der Waals surface area contributed by atoms with Crippen molar-refractivity contribution in [2.45, 2.75) is 19.5 Å². The summed E-state index contributed by atoms with van der Waals surface area (Å²) in [6, 6.07) is 11.2. The number of halogens is 1. The minimum Gasteiger partial charge on any atom is -0.466 e. The zero-order valence-corrected chi connectivity index (χ0v) is 16.5. The Labute approximate surface area is 171 Å². The van der Waals surface area contributed by atoms with E-state index in [1.807, 2.05) is 0 Å². The fraction of sp³-hybridized carbons (Fsp3) is 0.200. The Morgan fingerprint density at radius 1 is 1.28 bits per heavy atom. The number of thiocarbonyl (C=S) groups is 1. The number of carbonyl (C=O) groups is 1. The first-order chi connectivity index (χ1) is 13.8. The van der Waals surface area contributed by atoms with Gasteiger partial charge >= 0.3 is 5.97 Å². The van der Waals surface area contributed by atoms with Crippen LogP contribution in [0.2, 0.25) is 0 Å². The molecule has 0 fully saturated rings. The standard InChI is InChI=1S/C20H18FN3O4S/c1-12-17(19(25)28-2)18(15-5-3-4-6-16(15)24(26)27)22-20(29)23(12)11-13-7-9-14(21)10-8-13/h3-10,18H,11H2,1-2H3,(H,22,29)/t18-/m1/s1. The molecular formula is C20H18FN3O4S. The molecule has 9 heteroatoms. The lowest BCUT2D eigenvalue weighted by Crippen LogP contribution is -2.47. The molecule has 0 spiro atoms. The predicted octanol–water partition coefficient (Wildman–Crippen LogP) is 3.61. The van der Waals surface area contributed by atoms with Crippen LogP contribution in [0.1, 0.15) is 24.1 Å². The van der Waals surface area contributed by atoms with Crippen LogP contribution < -0.4 is 5.32 Å². The first-order valence-corrected chi connectivity index (χ1v) is 9.09. The van der Waals surface area contributed by atoms with Gasteiger partial charge in [-0.1, -0.05) is 24.3 Å². The minimum absolute atomic E-state index is 0.131. The SMILES string of the molecule is COC(=O)C1=C(C)N(Cc2ccc(F)cc2)C(=S)N[C@@H]1c1ccccc1[N+](=O)[O-]. The summed E-state index contributed by atoms with van der Waals surface area (Å²) in [5, 5.41) is 14.8. The number of allylic oxidation sites excluding steroid dienone is 1. The topological polar surface area (TPSA) is 84.7 Å². The largest absolute Gasteiger partial charge is 0.466 e. The van der Waals surface area contributed by atoms with Crippen molar-refractivity contribution in [3.05, 3.63) is 86.9 Å². The first kappa shape index (κ1) is 20.4. The Balaban J connectivity index is 2.08. The average Bonchev–Trinajstić information content (AvgIpc) is 2.71. The van der Waals surface area contributed by atoms with Crippen LogP contribution in [0.5, 0.6) is 0 Å². The van der Waals surface area contributed by atoms with Gasteiger partial charge in [0.25, 0.3) is 5.69 Å². The van der Waals surface area contributed by atoms with Gasteiger partial charge in [0.2, 0.25) is 0 Å².